The molecule has 8 aromatic carbocycles. The first-order valence-corrected chi connectivity index (χ1v) is 26.2. The average Bonchev–Trinajstić information content (AvgIpc) is 4.26. The number of ether oxygens (including phenoxy) is 8. The molecule has 0 fully saturated rings. The van der Waals surface area contributed by atoms with Crippen LogP contribution in [0.3, 0.4) is 0 Å². The first-order chi connectivity index (χ1) is 37.3. The van der Waals surface area contributed by atoms with Crippen molar-refractivity contribution >= 4 is 11.8 Å². The lowest BCUT2D eigenvalue weighted by Gasteiger charge is -2.27. The van der Waals surface area contributed by atoms with Crippen LogP contribution in [0.25, 0.3) is 11.1 Å². The molecule has 2 heterocycles. The van der Waals surface area contributed by atoms with E-state index in [2.05, 4.69) is 27.7 Å². The van der Waals surface area contributed by atoms with E-state index in [1.807, 2.05) is 194 Å². The molecule has 10 rings (SSSR count). The topological polar surface area (TPSA) is 98.6 Å². The van der Waals surface area contributed by atoms with Gasteiger partial charge in [0.25, 0.3) is 0 Å². The fourth-order valence-electron chi connectivity index (χ4n) is 8.98. The summed E-state index contributed by atoms with van der Waals surface area (Å²) in [5.41, 5.74) is 8.06. The minimum absolute atomic E-state index is 0.125. The van der Waals surface area contributed by atoms with Crippen LogP contribution < -0.4 is 28.4 Å². The molecule has 76 heavy (non-hydrogen) atoms. The monoisotopic (exact) mass is 1010 g/mol. The number of benzene rings is 8. The minimum atomic E-state index is -0.125. The van der Waals surface area contributed by atoms with Crippen LogP contribution in [-0.2, 0) is 49.1 Å². The fraction of sp³-hybridized carbons (Fsp3) is 0.242. The van der Waals surface area contributed by atoms with E-state index in [0.29, 0.717) is 81.8 Å². The number of rotatable bonds is 23. The third-order valence-electron chi connectivity index (χ3n) is 13.4. The lowest BCUT2D eigenvalue weighted by Crippen LogP contribution is -2.15. The normalized spacial score (nSPS) is 14.9. The zero-order chi connectivity index (χ0) is 52.1. The van der Waals surface area contributed by atoms with Crippen LogP contribution in [0.5, 0.6) is 34.5 Å². The van der Waals surface area contributed by atoms with E-state index < -0.39 is 0 Å². The lowest BCUT2D eigenvalue weighted by molar-refractivity contribution is 0.228. The summed E-state index contributed by atoms with van der Waals surface area (Å²) in [6, 6.07) is 64.2. The van der Waals surface area contributed by atoms with Crippen molar-refractivity contribution in [2.75, 3.05) is 13.2 Å². The molecule has 0 saturated heterocycles. The van der Waals surface area contributed by atoms with Crippen LogP contribution >= 0.6 is 0 Å². The van der Waals surface area contributed by atoms with Crippen LogP contribution in [0.4, 0.5) is 0 Å². The molecule has 0 radical (unpaired) electrons. The maximum Gasteiger partial charge on any atom is 0.217 e. The highest BCUT2D eigenvalue weighted by molar-refractivity contribution is 6.11. The molecule has 0 spiro atoms. The van der Waals surface area contributed by atoms with Gasteiger partial charge in [0.1, 0.15) is 52.9 Å². The van der Waals surface area contributed by atoms with Gasteiger partial charge in [-0.1, -0.05) is 210 Å². The van der Waals surface area contributed by atoms with Gasteiger partial charge >= 0.3 is 0 Å². The van der Waals surface area contributed by atoms with E-state index in [0.717, 1.165) is 33.4 Å². The highest BCUT2D eigenvalue weighted by atomic mass is 16.6. The van der Waals surface area contributed by atoms with Gasteiger partial charge in [-0.3, -0.25) is 0 Å². The summed E-state index contributed by atoms with van der Waals surface area (Å²) in [7, 11) is 0. The van der Waals surface area contributed by atoms with Crippen molar-refractivity contribution in [2.24, 2.45) is 21.8 Å². The fourth-order valence-corrected chi connectivity index (χ4v) is 8.98. The Kier molecular flexibility index (Phi) is 16.6. The first kappa shape index (κ1) is 51.0. The van der Waals surface area contributed by atoms with E-state index >= 15 is 0 Å². The molecule has 2 atom stereocenters. The number of hydrogen-bond acceptors (Lipinski definition) is 10. The van der Waals surface area contributed by atoms with Crippen molar-refractivity contribution in [3.05, 3.63) is 239 Å². The second kappa shape index (κ2) is 24.7. The molecular formula is C66H64N2O8. The summed E-state index contributed by atoms with van der Waals surface area (Å²) < 4.78 is 56.3. The van der Waals surface area contributed by atoms with Crippen LogP contribution in [0.1, 0.15) is 72.2 Å². The highest BCUT2D eigenvalue weighted by Crippen LogP contribution is 2.56. The SMILES string of the molecule is CC(C)[C@@H]1COC(c2cc(OCc3ccccc3)c(OCc3ccccc3)c(OCc3ccccc3)c2-c2c(C3=N[C@H](C(C)C)CO3)cc(OCc3ccccc3)c(OCc3ccccc3)c2OCc2ccccc2)=N1. The molecule has 2 aliphatic rings. The second-order valence-corrected chi connectivity index (χ2v) is 19.7. The lowest BCUT2D eigenvalue weighted by atomic mass is 9.91. The van der Waals surface area contributed by atoms with Gasteiger partial charge in [-0.05, 0) is 57.3 Å². The Morgan fingerprint density at radius 1 is 0.355 bits per heavy atom. The summed E-state index contributed by atoms with van der Waals surface area (Å²) >= 11 is 0. The summed E-state index contributed by atoms with van der Waals surface area (Å²) in [5, 5.41) is 0. The van der Waals surface area contributed by atoms with Gasteiger partial charge in [0.05, 0.1) is 23.2 Å². The Morgan fingerprint density at radius 2 is 0.605 bits per heavy atom. The Morgan fingerprint density at radius 3 is 0.855 bits per heavy atom. The van der Waals surface area contributed by atoms with E-state index in [1.54, 1.807) is 0 Å². The van der Waals surface area contributed by atoms with Gasteiger partial charge in [-0.15, -0.1) is 0 Å². The van der Waals surface area contributed by atoms with Gasteiger partial charge in [0, 0.05) is 11.1 Å². The predicted octanol–water partition coefficient (Wildman–Crippen LogP) is 14.4. The van der Waals surface area contributed by atoms with Crippen LogP contribution in [-0.4, -0.2) is 37.1 Å². The maximum atomic E-state index is 7.34. The molecular weight excluding hydrogens is 949 g/mol. The Bertz CT molecular complexity index is 2990. The molecule has 2 aliphatic heterocycles. The standard InChI is InChI=1S/C66H64N2O8/c1-45(2)55-43-75-65(67-55)53-35-57(69-37-47-23-11-5-12-24-47)61(71-39-49-27-15-7-16-28-49)63(73-41-51-31-19-9-20-32-51)59(53)60-54(66-68-56(44-76-66)46(3)4)36-58(70-38-48-25-13-6-14-26-48)62(72-40-50-29-17-8-18-30-50)64(60)74-42-52-33-21-10-22-34-52/h5-36,45-46,55-56H,37-44H2,1-4H3/t55-,56-/m0/s1. The molecule has 10 heteroatoms. The zero-order valence-electron chi connectivity index (χ0n) is 43.6. The molecule has 0 saturated carbocycles. The summed E-state index contributed by atoms with van der Waals surface area (Å²) in [5.74, 6) is 3.58. The van der Waals surface area contributed by atoms with Crippen LogP contribution in [0.2, 0.25) is 0 Å². The van der Waals surface area contributed by atoms with Crippen LogP contribution in [0, 0.1) is 11.8 Å². The second-order valence-electron chi connectivity index (χ2n) is 19.7. The molecule has 0 aliphatic carbocycles. The van der Waals surface area contributed by atoms with Gasteiger partial charge in [0.2, 0.25) is 23.3 Å². The molecule has 0 aromatic heterocycles. The summed E-state index contributed by atoms with van der Waals surface area (Å²) in [6.45, 7) is 10.6. The zero-order valence-corrected chi connectivity index (χ0v) is 43.6. The summed E-state index contributed by atoms with van der Waals surface area (Å²) in [4.78, 5) is 10.7. The molecule has 0 amide bonds. The third-order valence-corrected chi connectivity index (χ3v) is 13.4. The molecule has 386 valence electrons. The van der Waals surface area contributed by atoms with Crippen molar-refractivity contribution in [3.63, 3.8) is 0 Å². The Hall–Kier alpha value is -8.50. The number of nitrogens with zero attached hydrogens (tertiary/aromatic N) is 2. The molecule has 10 nitrogen and oxygen atoms in total. The average molecular weight is 1010 g/mol. The molecule has 0 bridgehead atoms. The van der Waals surface area contributed by atoms with Crippen LogP contribution in [0.15, 0.2) is 204 Å². The Labute approximate surface area is 446 Å². The highest BCUT2D eigenvalue weighted by Gasteiger charge is 2.38. The Balaban J connectivity index is 1.31. The minimum Gasteiger partial charge on any atom is -0.485 e. The smallest absolute Gasteiger partial charge is 0.217 e. The van der Waals surface area contributed by atoms with E-state index in [1.165, 1.54) is 0 Å². The first-order valence-electron chi connectivity index (χ1n) is 26.2. The maximum absolute atomic E-state index is 7.34. The largest absolute Gasteiger partial charge is 0.485 e. The van der Waals surface area contributed by atoms with Gasteiger partial charge in [-0.25, -0.2) is 9.98 Å². The molecule has 0 unspecified atom stereocenters. The summed E-state index contributed by atoms with van der Waals surface area (Å²) in [6.07, 6.45) is 0. The van der Waals surface area contributed by atoms with Crippen molar-refractivity contribution < 1.29 is 37.9 Å². The predicted molar refractivity (Wildman–Crippen MR) is 299 cm³/mol. The van der Waals surface area contributed by atoms with E-state index in [-0.39, 0.29) is 63.6 Å². The van der Waals surface area contributed by atoms with Crippen molar-refractivity contribution in [1.29, 1.82) is 0 Å². The van der Waals surface area contributed by atoms with E-state index in [4.69, 9.17) is 47.9 Å². The van der Waals surface area contributed by atoms with E-state index in [9.17, 15) is 0 Å². The van der Waals surface area contributed by atoms with Gasteiger partial charge in [0.15, 0.2) is 23.0 Å². The van der Waals surface area contributed by atoms with Crippen molar-refractivity contribution in [2.45, 2.75) is 79.4 Å². The van der Waals surface area contributed by atoms with Crippen molar-refractivity contribution in [3.8, 4) is 45.6 Å². The van der Waals surface area contributed by atoms with Gasteiger partial charge in [-0.2, -0.15) is 0 Å². The molecule has 0 N–H and O–H groups in total. The van der Waals surface area contributed by atoms with Gasteiger partial charge < -0.3 is 37.9 Å². The quantitative estimate of drug-likeness (QED) is 0.0625. The molecule has 8 aromatic rings. The number of hydrogen-bond donors (Lipinski definition) is 0. The third kappa shape index (κ3) is 12.5. The number of aliphatic imine (C=N–C) groups is 2. The van der Waals surface area contributed by atoms with Crippen molar-refractivity contribution in [1.82, 2.24) is 0 Å².